The van der Waals surface area contributed by atoms with Crippen LogP contribution in [0.15, 0.2) is 48.5 Å². The van der Waals surface area contributed by atoms with E-state index in [2.05, 4.69) is 5.32 Å². The van der Waals surface area contributed by atoms with Crippen LogP contribution in [0.25, 0.3) is 0 Å². The number of halogens is 1. The highest BCUT2D eigenvalue weighted by Gasteiger charge is 2.16. The fourth-order valence-electron chi connectivity index (χ4n) is 2.21. The first kappa shape index (κ1) is 17.8. The average molecular weight is 348 g/mol. The maximum atomic E-state index is 12.0. The Kier molecular flexibility index (Phi) is 6.21. The van der Waals surface area contributed by atoms with Crippen molar-refractivity contribution in [2.45, 2.75) is 13.0 Å². The number of ether oxygens (including phenoxy) is 2. The summed E-state index contributed by atoms with van der Waals surface area (Å²) in [5.41, 5.74) is 1.07. The number of carbonyl (C=O) groups is 2. The summed E-state index contributed by atoms with van der Waals surface area (Å²) in [6, 6.07) is 13.6. The van der Waals surface area contributed by atoms with Gasteiger partial charge in [0.05, 0.1) is 13.2 Å². The molecule has 0 unspecified atom stereocenters. The molecule has 2 aromatic rings. The van der Waals surface area contributed by atoms with Gasteiger partial charge in [-0.2, -0.15) is 0 Å². The Bertz CT molecular complexity index is 732. The predicted molar refractivity (Wildman–Crippen MR) is 91.3 cm³/mol. The summed E-state index contributed by atoms with van der Waals surface area (Å²) in [5, 5.41) is 3.31. The van der Waals surface area contributed by atoms with Crippen molar-refractivity contribution in [1.29, 1.82) is 0 Å². The molecule has 0 saturated carbocycles. The maximum Gasteiger partial charge on any atom is 0.342 e. The Hall–Kier alpha value is -2.53. The van der Waals surface area contributed by atoms with E-state index in [1.165, 1.54) is 7.11 Å². The number of esters is 1. The minimum atomic E-state index is -0.618. The monoisotopic (exact) mass is 347 g/mol. The molecule has 0 fully saturated rings. The van der Waals surface area contributed by atoms with Crippen LogP contribution in [-0.4, -0.2) is 25.6 Å². The molecule has 5 nitrogen and oxygen atoms in total. The molecule has 0 heterocycles. The summed E-state index contributed by atoms with van der Waals surface area (Å²) in [7, 11) is 1.46. The second kappa shape index (κ2) is 8.36. The molecule has 24 heavy (non-hydrogen) atoms. The van der Waals surface area contributed by atoms with E-state index in [9.17, 15) is 9.59 Å². The van der Waals surface area contributed by atoms with E-state index in [1.807, 2.05) is 18.2 Å². The maximum absolute atomic E-state index is 12.0. The summed E-state index contributed by atoms with van der Waals surface area (Å²) in [4.78, 5) is 24.0. The molecule has 2 aromatic carbocycles. The largest absolute Gasteiger partial charge is 0.496 e. The first-order chi connectivity index (χ1) is 11.5. The van der Waals surface area contributed by atoms with E-state index < -0.39 is 11.9 Å². The first-order valence-electron chi connectivity index (χ1n) is 7.37. The molecule has 0 aliphatic carbocycles. The molecule has 126 valence electrons. The molecule has 1 N–H and O–H groups in total. The van der Waals surface area contributed by atoms with Gasteiger partial charge in [-0.3, -0.25) is 4.79 Å². The highest BCUT2D eigenvalue weighted by atomic mass is 35.5. The standard InChI is InChI=1S/C18H18ClNO4/c1-12(13-7-3-5-9-15(13)19)20-17(21)11-24-18(22)14-8-4-6-10-16(14)23-2/h3-10,12H,11H2,1-2H3,(H,20,21)/t12-/m1/s1. The van der Waals surface area contributed by atoms with Crippen molar-refractivity contribution in [3.05, 3.63) is 64.7 Å². The van der Waals surface area contributed by atoms with E-state index in [0.29, 0.717) is 10.8 Å². The lowest BCUT2D eigenvalue weighted by molar-refractivity contribution is -0.124. The van der Waals surface area contributed by atoms with Crippen molar-refractivity contribution in [3.8, 4) is 5.75 Å². The summed E-state index contributed by atoms with van der Waals surface area (Å²) in [5.74, 6) is -0.633. The third-order valence-corrected chi connectivity index (χ3v) is 3.75. The molecule has 0 saturated heterocycles. The Morgan fingerprint density at radius 3 is 2.50 bits per heavy atom. The second-order valence-corrected chi connectivity index (χ2v) is 5.49. The minimum absolute atomic E-state index is 0.270. The van der Waals surface area contributed by atoms with Crippen LogP contribution in [0.4, 0.5) is 0 Å². The average Bonchev–Trinajstić information content (AvgIpc) is 2.59. The van der Waals surface area contributed by atoms with Crippen molar-refractivity contribution in [3.63, 3.8) is 0 Å². The zero-order valence-corrected chi connectivity index (χ0v) is 14.2. The van der Waals surface area contributed by atoms with Crippen LogP contribution in [0.3, 0.4) is 0 Å². The number of benzene rings is 2. The molecule has 0 radical (unpaired) electrons. The molecule has 0 aliphatic rings. The SMILES string of the molecule is COc1ccccc1C(=O)OCC(=O)N[C@H](C)c1ccccc1Cl. The van der Waals surface area contributed by atoms with Crippen LogP contribution in [0.1, 0.15) is 28.9 Å². The zero-order chi connectivity index (χ0) is 17.5. The van der Waals surface area contributed by atoms with E-state index in [4.69, 9.17) is 21.1 Å². The summed E-state index contributed by atoms with van der Waals surface area (Å²) < 4.78 is 10.1. The molecule has 6 heteroatoms. The highest BCUT2D eigenvalue weighted by molar-refractivity contribution is 6.31. The zero-order valence-electron chi connectivity index (χ0n) is 13.4. The van der Waals surface area contributed by atoms with Crippen LogP contribution in [0.2, 0.25) is 5.02 Å². The van der Waals surface area contributed by atoms with Crippen molar-refractivity contribution < 1.29 is 19.1 Å². The van der Waals surface area contributed by atoms with Gasteiger partial charge in [-0.15, -0.1) is 0 Å². The van der Waals surface area contributed by atoms with Crippen LogP contribution in [0, 0.1) is 0 Å². The quantitative estimate of drug-likeness (QED) is 0.813. The van der Waals surface area contributed by atoms with E-state index in [0.717, 1.165) is 5.56 Å². The molecular weight excluding hydrogens is 330 g/mol. The topological polar surface area (TPSA) is 64.6 Å². The Morgan fingerprint density at radius 2 is 1.79 bits per heavy atom. The van der Waals surface area contributed by atoms with Crippen LogP contribution < -0.4 is 10.1 Å². The van der Waals surface area contributed by atoms with Gasteiger partial charge in [-0.1, -0.05) is 41.9 Å². The Balaban J connectivity index is 1.91. The number of rotatable bonds is 6. The molecule has 0 bridgehead atoms. The van der Waals surface area contributed by atoms with Gasteiger partial charge in [0, 0.05) is 5.02 Å². The molecule has 2 rings (SSSR count). The van der Waals surface area contributed by atoms with Gasteiger partial charge in [0.15, 0.2) is 6.61 Å². The number of hydrogen-bond donors (Lipinski definition) is 1. The first-order valence-corrected chi connectivity index (χ1v) is 7.74. The van der Waals surface area contributed by atoms with E-state index >= 15 is 0 Å². The molecular formula is C18H18ClNO4. The third kappa shape index (κ3) is 4.49. The van der Waals surface area contributed by atoms with Gasteiger partial charge in [-0.05, 0) is 30.7 Å². The van der Waals surface area contributed by atoms with Crippen LogP contribution in [0.5, 0.6) is 5.75 Å². The Morgan fingerprint density at radius 1 is 1.12 bits per heavy atom. The molecule has 0 spiro atoms. The van der Waals surface area contributed by atoms with Gasteiger partial charge in [-0.25, -0.2) is 4.79 Å². The number of methoxy groups -OCH3 is 1. The lowest BCUT2D eigenvalue weighted by atomic mass is 10.1. The van der Waals surface area contributed by atoms with Crippen molar-refractivity contribution in [2.75, 3.05) is 13.7 Å². The van der Waals surface area contributed by atoms with Crippen molar-refractivity contribution >= 4 is 23.5 Å². The smallest absolute Gasteiger partial charge is 0.342 e. The van der Waals surface area contributed by atoms with Gasteiger partial charge >= 0.3 is 5.97 Å². The lowest BCUT2D eigenvalue weighted by Gasteiger charge is -2.16. The minimum Gasteiger partial charge on any atom is -0.496 e. The van der Waals surface area contributed by atoms with E-state index in [1.54, 1.807) is 37.3 Å². The van der Waals surface area contributed by atoms with Gasteiger partial charge in [0.1, 0.15) is 11.3 Å². The fourth-order valence-corrected chi connectivity index (χ4v) is 2.51. The molecule has 0 aromatic heterocycles. The summed E-state index contributed by atoms with van der Waals surface area (Å²) in [6.07, 6.45) is 0. The Labute approximate surface area is 145 Å². The number of para-hydroxylation sites is 1. The highest BCUT2D eigenvalue weighted by Crippen LogP contribution is 2.22. The van der Waals surface area contributed by atoms with Crippen LogP contribution >= 0.6 is 11.6 Å². The van der Waals surface area contributed by atoms with Gasteiger partial charge in [0.25, 0.3) is 5.91 Å². The summed E-state index contributed by atoms with van der Waals surface area (Å²) in [6.45, 7) is 1.42. The fraction of sp³-hybridized carbons (Fsp3) is 0.222. The molecule has 0 aliphatic heterocycles. The van der Waals surface area contributed by atoms with Gasteiger partial charge < -0.3 is 14.8 Å². The van der Waals surface area contributed by atoms with Crippen LogP contribution in [-0.2, 0) is 9.53 Å². The van der Waals surface area contributed by atoms with Crippen molar-refractivity contribution in [2.24, 2.45) is 0 Å². The normalized spacial score (nSPS) is 11.5. The third-order valence-electron chi connectivity index (χ3n) is 3.41. The predicted octanol–water partition coefficient (Wildman–Crippen LogP) is 3.38. The second-order valence-electron chi connectivity index (χ2n) is 5.09. The number of carbonyl (C=O) groups excluding carboxylic acids is 2. The van der Waals surface area contributed by atoms with E-state index in [-0.39, 0.29) is 18.2 Å². The lowest BCUT2D eigenvalue weighted by Crippen LogP contribution is -2.31. The number of nitrogens with one attached hydrogen (secondary N) is 1. The van der Waals surface area contributed by atoms with Gasteiger partial charge in [0.2, 0.25) is 0 Å². The summed E-state index contributed by atoms with van der Waals surface area (Å²) >= 11 is 6.09. The van der Waals surface area contributed by atoms with Crippen molar-refractivity contribution in [1.82, 2.24) is 5.32 Å². The molecule has 1 amide bonds. The molecule has 1 atom stereocenters. The number of hydrogen-bond acceptors (Lipinski definition) is 4. The number of amides is 1.